The SMILES string of the molecule is CCc1nn(C)c(CC)c1CNC(=NC)N1CCN(c2cc(F)ccc2F)CC1.I. The Morgan fingerprint density at radius 2 is 1.83 bits per heavy atom. The van der Waals surface area contributed by atoms with Crippen LogP contribution in [0.4, 0.5) is 14.5 Å². The molecular formula is C21H31F2IN6. The van der Waals surface area contributed by atoms with Crippen molar-refractivity contribution in [3.63, 3.8) is 0 Å². The molecule has 1 N–H and O–H groups in total. The van der Waals surface area contributed by atoms with E-state index >= 15 is 0 Å². The Balaban J connectivity index is 0.00000320. The van der Waals surface area contributed by atoms with Gasteiger partial charge >= 0.3 is 0 Å². The molecule has 2 heterocycles. The number of aromatic nitrogens is 2. The Hall–Kier alpha value is -1.91. The van der Waals surface area contributed by atoms with Gasteiger partial charge < -0.3 is 15.1 Å². The van der Waals surface area contributed by atoms with Crippen LogP contribution in [0.2, 0.25) is 0 Å². The third-order valence-electron chi connectivity index (χ3n) is 5.49. The van der Waals surface area contributed by atoms with Gasteiger partial charge in [-0.05, 0) is 25.0 Å². The zero-order chi connectivity index (χ0) is 21.0. The van der Waals surface area contributed by atoms with Gasteiger partial charge in [-0.3, -0.25) is 9.67 Å². The summed E-state index contributed by atoms with van der Waals surface area (Å²) in [7, 11) is 3.76. The fourth-order valence-electron chi connectivity index (χ4n) is 3.98. The minimum Gasteiger partial charge on any atom is -0.366 e. The van der Waals surface area contributed by atoms with Crippen molar-refractivity contribution in [2.75, 3.05) is 38.1 Å². The van der Waals surface area contributed by atoms with E-state index in [4.69, 9.17) is 0 Å². The van der Waals surface area contributed by atoms with Crippen LogP contribution in [0.1, 0.15) is 30.8 Å². The van der Waals surface area contributed by atoms with E-state index in [1.165, 1.54) is 23.4 Å². The molecule has 1 fully saturated rings. The van der Waals surface area contributed by atoms with Gasteiger partial charge in [0, 0.05) is 64.1 Å². The van der Waals surface area contributed by atoms with Crippen molar-refractivity contribution in [1.29, 1.82) is 0 Å². The fraction of sp³-hybridized carbons (Fsp3) is 0.524. The minimum absolute atomic E-state index is 0. The summed E-state index contributed by atoms with van der Waals surface area (Å²) in [6.45, 7) is 7.51. The third-order valence-corrected chi connectivity index (χ3v) is 5.49. The number of guanidine groups is 1. The molecule has 30 heavy (non-hydrogen) atoms. The minimum atomic E-state index is -0.420. The van der Waals surface area contributed by atoms with E-state index in [-0.39, 0.29) is 24.0 Å². The smallest absolute Gasteiger partial charge is 0.194 e. The van der Waals surface area contributed by atoms with Gasteiger partial charge in [-0.2, -0.15) is 5.10 Å². The maximum absolute atomic E-state index is 14.1. The highest BCUT2D eigenvalue weighted by molar-refractivity contribution is 14.0. The van der Waals surface area contributed by atoms with E-state index in [1.54, 1.807) is 7.05 Å². The van der Waals surface area contributed by atoms with Gasteiger partial charge in [0.15, 0.2) is 5.96 Å². The summed E-state index contributed by atoms with van der Waals surface area (Å²) in [5.41, 5.74) is 3.90. The quantitative estimate of drug-likeness (QED) is 0.365. The zero-order valence-electron chi connectivity index (χ0n) is 18.1. The summed E-state index contributed by atoms with van der Waals surface area (Å²) in [6.07, 6.45) is 1.82. The zero-order valence-corrected chi connectivity index (χ0v) is 20.4. The number of hydrogen-bond donors (Lipinski definition) is 1. The molecule has 1 saturated heterocycles. The molecule has 1 aromatic heterocycles. The number of aliphatic imine (C=N–C) groups is 1. The lowest BCUT2D eigenvalue weighted by atomic mass is 10.1. The molecule has 0 bridgehead atoms. The molecule has 2 aromatic rings. The molecule has 9 heteroatoms. The monoisotopic (exact) mass is 532 g/mol. The number of halogens is 3. The lowest BCUT2D eigenvalue weighted by Gasteiger charge is -2.37. The van der Waals surface area contributed by atoms with Crippen molar-refractivity contribution in [3.05, 3.63) is 46.8 Å². The number of nitrogens with zero attached hydrogens (tertiary/aromatic N) is 5. The number of hydrogen-bond acceptors (Lipinski definition) is 3. The number of rotatable bonds is 5. The van der Waals surface area contributed by atoms with Crippen LogP contribution >= 0.6 is 24.0 Å². The van der Waals surface area contributed by atoms with Crippen LogP contribution in [0.15, 0.2) is 23.2 Å². The lowest BCUT2D eigenvalue weighted by molar-refractivity contribution is 0.370. The van der Waals surface area contributed by atoms with Gasteiger partial charge in [0.2, 0.25) is 0 Å². The van der Waals surface area contributed by atoms with Crippen molar-refractivity contribution >= 4 is 35.6 Å². The van der Waals surface area contributed by atoms with Gasteiger partial charge in [0.1, 0.15) is 11.6 Å². The van der Waals surface area contributed by atoms with Crippen molar-refractivity contribution in [1.82, 2.24) is 20.0 Å². The highest BCUT2D eigenvalue weighted by Crippen LogP contribution is 2.22. The standard InChI is InChI=1S/C21H30F2N6.HI/c1-5-18-16(19(6-2)27(4)26-18)14-25-21(24-3)29-11-9-28(10-12-29)20-13-15(22)7-8-17(20)23;/h7-8,13H,5-6,9-12,14H2,1-4H3,(H,24,25);1H. The predicted octanol–water partition coefficient (Wildman–Crippen LogP) is 3.34. The summed E-state index contributed by atoms with van der Waals surface area (Å²) < 4.78 is 29.5. The Bertz CT molecular complexity index is 875. The molecule has 6 nitrogen and oxygen atoms in total. The number of piperazine rings is 1. The first-order valence-corrected chi connectivity index (χ1v) is 10.2. The summed E-state index contributed by atoms with van der Waals surface area (Å²) in [5.74, 6) is 0.00619. The highest BCUT2D eigenvalue weighted by atomic mass is 127. The molecule has 0 radical (unpaired) electrons. The van der Waals surface area contributed by atoms with Crippen molar-refractivity contribution in [3.8, 4) is 0 Å². The maximum atomic E-state index is 14.1. The first-order valence-electron chi connectivity index (χ1n) is 10.2. The molecule has 0 unspecified atom stereocenters. The van der Waals surface area contributed by atoms with Crippen LogP contribution in [0.3, 0.4) is 0 Å². The second-order valence-electron chi connectivity index (χ2n) is 7.17. The Morgan fingerprint density at radius 3 is 2.43 bits per heavy atom. The molecule has 0 saturated carbocycles. The maximum Gasteiger partial charge on any atom is 0.194 e. The summed E-state index contributed by atoms with van der Waals surface area (Å²) >= 11 is 0. The number of benzene rings is 1. The molecule has 0 atom stereocenters. The van der Waals surface area contributed by atoms with Crippen LogP contribution in [-0.2, 0) is 26.4 Å². The first kappa shape index (κ1) is 24.4. The molecular weight excluding hydrogens is 501 g/mol. The van der Waals surface area contributed by atoms with E-state index in [1.807, 2.05) is 16.6 Å². The Kier molecular flexibility index (Phi) is 8.87. The van der Waals surface area contributed by atoms with E-state index in [0.29, 0.717) is 38.4 Å². The Morgan fingerprint density at radius 1 is 1.13 bits per heavy atom. The number of anilines is 1. The van der Waals surface area contributed by atoms with E-state index in [9.17, 15) is 8.78 Å². The van der Waals surface area contributed by atoms with Gasteiger partial charge in [-0.25, -0.2) is 8.78 Å². The second kappa shape index (κ2) is 10.9. The summed E-state index contributed by atoms with van der Waals surface area (Å²) in [4.78, 5) is 8.46. The van der Waals surface area contributed by atoms with Crippen molar-refractivity contribution < 1.29 is 8.78 Å². The van der Waals surface area contributed by atoms with Gasteiger partial charge in [-0.1, -0.05) is 13.8 Å². The molecule has 1 aliphatic heterocycles. The average Bonchev–Trinajstić information content (AvgIpc) is 3.05. The van der Waals surface area contributed by atoms with Gasteiger partial charge in [0.05, 0.1) is 11.4 Å². The largest absolute Gasteiger partial charge is 0.366 e. The second-order valence-corrected chi connectivity index (χ2v) is 7.17. The predicted molar refractivity (Wildman–Crippen MR) is 128 cm³/mol. The van der Waals surface area contributed by atoms with E-state index < -0.39 is 11.6 Å². The van der Waals surface area contributed by atoms with Crippen LogP contribution in [0.5, 0.6) is 0 Å². The molecule has 3 rings (SSSR count). The first-order chi connectivity index (χ1) is 14.0. The van der Waals surface area contributed by atoms with Gasteiger partial charge in [-0.15, -0.1) is 24.0 Å². The topological polar surface area (TPSA) is 48.7 Å². The van der Waals surface area contributed by atoms with Crippen molar-refractivity contribution in [2.24, 2.45) is 12.0 Å². The molecule has 166 valence electrons. The molecule has 0 amide bonds. The number of aryl methyl sites for hydroxylation is 2. The van der Waals surface area contributed by atoms with Crippen LogP contribution in [-0.4, -0.2) is 53.9 Å². The summed E-state index contributed by atoms with van der Waals surface area (Å²) in [6, 6.07) is 3.59. The normalized spacial score (nSPS) is 14.7. The Labute approximate surface area is 194 Å². The van der Waals surface area contributed by atoms with Crippen LogP contribution < -0.4 is 10.2 Å². The van der Waals surface area contributed by atoms with E-state index in [2.05, 4.69) is 34.2 Å². The number of nitrogens with one attached hydrogen (secondary N) is 1. The van der Waals surface area contributed by atoms with Crippen LogP contribution in [0, 0.1) is 11.6 Å². The fourth-order valence-corrected chi connectivity index (χ4v) is 3.98. The molecule has 0 spiro atoms. The van der Waals surface area contributed by atoms with Crippen LogP contribution in [0.25, 0.3) is 0 Å². The lowest BCUT2D eigenvalue weighted by Crippen LogP contribution is -2.52. The molecule has 1 aliphatic rings. The third kappa shape index (κ3) is 5.22. The molecule has 0 aliphatic carbocycles. The molecule has 1 aromatic carbocycles. The average molecular weight is 532 g/mol. The van der Waals surface area contributed by atoms with E-state index in [0.717, 1.165) is 30.6 Å². The van der Waals surface area contributed by atoms with Gasteiger partial charge in [0.25, 0.3) is 0 Å². The summed E-state index contributed by atoms with van der Waals surface area (Å²) in [5, 5.41) is 8.09. The van der Waals surface area contributed by atoms with Crippen molar-refractivity contribution in [2.45, 2.75) is 33.2 Å². The highest BCUT2D eigenvalue weighted by Gasteiger charge is 2.23.